The topological polar surface area (TPSA) is 66.8 Å². The highest BCUT2D eigenvalue weighted by molar-refractivity contribution is 7.99. The van der Waals surface area contributed by atoms with Gasteiger partial charge in [0, 0.05) is 5.25 Å². The van der Waals surface area contributed by atoms with Crippen molar-refractivity contribution < 1.29 is 23.4 Å². The summed E-state index contributed by atoms with van der Waals surface area (Å²) in [5.41, 5.74) is 0. The number of nitrogens with zero attached hydrogens (tertiary/aromatic N) is 1. The standard InChI is InChI=1S/C27H56NO4PS/c1-5-6-7-8-9-10-11-12-13-14-15-16-17-18-22-34-26-21-19-20-25(23-26)27(24-28(2,3)4)32-33(29,30)31/h25-27H,5-24H2,1-4H3,(H-,29,30,31)/p+1. The van der Waals surface area contributed by atoms with Gasteiger partial charge in [-0.3, -0.25) is 4.52 Å². The zero-order valence-electron chi connectivity index (χ0n) is 22.9. The van der Waals surface area contributed by atoms with Crippen LogP contribution in [0.25, 0.3) is 0 Å². The normalized spacial score (nSPS) is 20.5. The van der Waals surface area contributed by atoms with Crippen LogP contribution >= 0.6 is 19.6 Å². The Morgan fingerprint density at radius 3 is 1.82 bits per heavy atom. The van der Waals surface area contributed by atoms with Gasteiger partial charge in [0.2, 0.25) is 0 Å². The van der Waals surface area contributed by atoms with Crippen LogP contribution in [0.3, 0.4) is 0 Å². The molecule has 0 spiro atoms. The Kier molecular flexibility index (Phi) is 17.8. The minimum atomic E-state index is -4.46. The largest absolute Gasteiger partial charge is 0.470 e. The van der Waals surface area contributed by atoms with Crippen LogP contribution in [0, 0.1) is 5.92 Å². The molecule has 0 aromatic carbocycles. The predicted octanol–water partition coefficient (Wildman–Crippen LogP) is 7.94. The van der Waals surface area contributed by atoms with E-state index < -0.39 is 7.82 Å². The predicted molar refractivity (Wildman–Crippen MR) is 148 cm³/mol. The van der Waals surface area contributed by atoms with Gasteiger partial charge < -0.3 is 14.3 Å². The third-order valence-electron chi connectivity index (χ3n) is 7.04. The Morgan fingerprint density at radius 2 is 1.35 bits per heavy atom. The van der Waals surface area contributed by atoms with E-state index in [-0.39, 0.29) is 12.0 Å². The molecule has 0 aromatic heterocycles. The summed E-state index contributed by atoms with van der Waals surface area (Å²) in [6, 6.07) is 0. The minimum Gasteiger partial charge on any atom is -0.329 e. The van der Waals surface area contributed by atoms with Gasteiger partial charge in [-0.1, -0.05) is 96.8 Å². The molecule has 1 rings (SSSR count). The lowest BCUT2D eigenvalue weighted by molar-refractivity contribution is -0.873. The van der Waals surface area contributed by atoms with E-state index in [1.54, 1.807) is 0 Å². The van der Waals surface area contributed by atoms with Crippen LogP contribution in [0.5, 0.6) is 0 Å². The number of quaternary nitrogens is 1. The molecule has 0 bridgehead atoms. The summed E-state index contributed by atoms with van der Waals surface area (Å²) in [7, 11) is 1.70. The van der Waals surface area contributed by atoms with E-state index in [9.17, 15) is 14.4 Å². The van der Waals surface area contributed by atoms with E-state index in [0.717, 1.165) is 19.3 Å². The van der Waals surface area contributed by atoms with Crippen molar-refractivity contribution in [3.63, 3.8) is 0 Å². The molecule has 0 aromatic rings. The Morgan fingerprint density at radius 1 is 0.853 bits per heavy atom. The number of thioether (sulfide) groups is 1. The highest BCUT2D eigenvalue weighted by Gasteiger charge is 2.36. The van der Waals surface area contributed by atoms with Gasteiger partial charge >= 0.3 is 7.82 Å². The van der Waals surface area contributed by atoms with Gasteiger partial charge in [-0.2, -0.15) is 11.8 Å². The Hall–Kier alpha value is 0.420. The van der Waals surface area contributed by atoms with Crippen LogP contribution in [0.4, 0.5) is 0 Å². The number of rotatable bonds is 21. The van der Waals surface area contributed by atoms with Crippen LogP contribution in [-0.4, -0.2) is 59.1 Å². The molecule has 5 nitrogen and oxygen atoms in total. The van der Waals surface area contributed by atoms with Crippen LogP contribution in [0.15, 0.2) is 0 Å². The molecular weight excluding hydrogens is 465 g/mol. The number of phosphoric ester groups is 1. The van der Waals surface area contributed by atoms with Crippen molar-refractivity contribution in [1.29, 1.82) is 0 Å². The van der Waals surface area contributed by atoms with Crippen LogP contribution in [-0.2, 0) is 9.09 Å². The summed E-state index contributed by atoms with van der Waals surface area (Å²) in [6.07, 6.45) is 23.6. The molecule has 1 saturated carbocycles. The van der Waals surface area contributed by atoms with E-state index in [1.165, 1.54) is 102 Å². The van der Waals surface area contributed by atoms with Gasteiger partial charge in [0.05, 0.1) is 21.1 Å². The second-order valence-electron chi connectivity index (χ2n) is 11.6. The SMILES string of the molecule is CCCCCCCCCCCCCCCCSC1CCCC(C(C[N+](C)(C)C)OP(=O)(O)O)C1. The number of phosphoric acid groups is 1. The molecule has 2 N–H and O–H groups in total. The van der Waals surface area contributed by atoms with Gasteiger partial charge in [0.1, 0.15) is 12.6 Å². The molecule has 34 heavy (non-hydrogen) atoms. The van der Waals surface area contributed by atoms with Gasteiger partial charge in [0.15, 0.2) is 0 Å². The average molecular weight is 523 g/mol. The second kappa shape index (κ2) is 18.6. The van der Waals surface area contributed by atoms with Crippen molar-refractivity contribution in [3.05, 3.63) is 0 Å². The van der Waals surface area contributed by atoms with Crippen LogP contribution < -0.4 is 0 Å². The maximum absolute atomic E-state index is 11.5. The van der Waals surface area contributed by atoms with Crippen molar-refractivity contribution >= 4 is 19.6 Å². The number of hydrogen-bond acceptors (Lipinski definition) is 3. The van der Waals surface area contributed by atoms with Gasteiger partial charge in [-0.25, -0.2) is 4.57 Å². The van der Waals surface area contributed by atoms with Crippen LogP contribution in [0.2, 0.25) is 0 Å². The summed E-state index contributed by atoms with van der Waals surface area (Å²) in [5, 5.41) is 0.607. The number of hydrogen-bond donors (Lipinski definition) is 2. The molecule has 204 valence electrons. The summed E-state index contributed by atoms with van der Waals surface area (Å²) >= 11 is 2.08. The zero-order chi connectivity index (χ0) is 25.3. The van der Waals surface area contributed by atoms with Gasteiger partial charge in [-0.15, -0.1) is 0 Å². The van der Waals surface area contributed by atoms with Crippen molar-refractivity contribution in [2.75, 3.05) is 33.4 Å². The maximum atomic E-state index is 11.5. The van der Waals surface area contributed by atoms with Crippen molar-refractivity contribution in [2.24, 2.45) is 5.92 Å². The fourth-order valence-corrected chi connectivity index (χ4v) is 7.21. The molecule has 0 radical (unpaired) electrons. The Balaban J connectivity index is 2.09. The first-order valence-electron chi connectivity index (χ1n) is 14.3. The molecular formula is C27H57NO4PS+. The molecule has 3 unspecified atom stereocenters. The summed E-state index contributed by atoms with van der Waals surface area (Å²) in [4.78, 5) is 18.8. The molecule has 1 aliphatic carbocycles. The second-order valence-corrected chi connectivity index (χ2v) is 14.2. The van der Waals surface area contributed by atoms with Gasteiger partial charge in [0.25, 0.3) is 0 Å². The molecule has 1 aliphatic rings. The molecule has 0 aliphatic heterocycles. The van der Waals surface area contributed by atoms with Crippen molar-refractivity contribution in [1.82, 2.24) is 0 Å². The molecule has 0 amide bonds. The highest BCUT2D eigenvalue weighted by atomic mass is 32.2. The smallest absolute Gasteiger partial charge is 0.329 e. The molecule has 0 saturated heterocycles. The molecule has 0 heterocycles. The maximum Gasteiger partial charge on any atom is 0.470 e. The summed E-state index contributed by atoms with van der Waals surface area (Å²) < 4.78 is 17.5. The fraction of sp³-hybridized carbons (Fsp3) is 1.00. The number of likely N-dealkylation sites (N-methyl/N-ethyl adjacent to an activating group) is 1. The lowest BCUT2D eigenvalue weighted by Crippen LogP contribution is -2.46. The zero-order valence-corrected chi connectivity index (χ0v) is 24.6. The monoisotopic (exact) mass is 522 g/mol. The molecule has 3 atom stereocenters. The first-order valence-corrected chi connectivity index (χ1v) is 16.8. The first kappa shape index (κ1) is 32.4. The van der Waals surface area contributed by atoms with Crippen LogP contribution in [0.1, 0.15) is 122 Å². The molecule has 1 fully saturated rings. The van der Waals surface area contributed by atoms with E-state index in [1.807, 2.05) is 0 Å². The average Bonchev–Trinajstić information content (AvgIpc) is 2.74. The Bertz CT molecular complexity index is 537. The fourth-order valence-electron chi connectivity index (χ4n) is 5.20. The highest BCUT2D eigenvalue weighted by Crippen LogP contribution is 2.43. The Labute approximate surface area is 216 Å². The third kappa shape index (κ3) is 18.7. The van der Waals surface area contributed by atoms with Crippen molar-refractivity contribution in [3.8, 4) is 0 Å². The van der Waals surface area contributed by atoms with E-state index in [2.05, 4.69) is 39.8 Å². The van der Waals surface area contributed by atoms with Gasteiger partial charge in [-0.05, 0) is 37.4 Å². The summed E-state index contributed by atoms with van der Waals surface area (Å²) in [5.74, 6) is 1.46. The van der Waals surface area contributed by atoms with E-state index in [0.29, 0.717) is 16.3 Å². The quantitative estimate of drug-likeness (QED) is 0.0910. The minimum absolute atomic E-state index is 0.243. The third-order valence-corrected chi connectivity index (χ3v) is 9.01. The van der Waals surface area contributed by atoms with Crippen molar-refractivity contribution in [2.45, 2.75) is 134 Å². The lowest BCUT2D eigenvalue weighted by atomic mass is 9.84. The molecule has 7 heteroatoms. The lowest BCUT2D eigenvalue weighted by Gasteiger charge is -2.37. The first-order chi connectivity index (χ1) is 16.1. The summed E-state index contributed by atoms with van der Waals surface area (Å²) in [6.45, 7) is 2.91. The van der Waals surface area contributed by atoms with E-state index in [4.69, 9.17) is 4.52 Å². The van der Waals surface area contributed by atoms with E-state index >= 15 is 0 Å². The number of unbranched alkanes of at least 4 members (excludes halogenated alkanes) is 13.